The van der Waals surface area contributed by atoms with Gasteiger partial charge in [-0.1, -0.05) is 6.92 Å². The molecule has 0 bridgehead atoms. The van der Waals surface area contributed by atoms with Crippen molar-refractivity contribution < 1.29 is 4.79 Å². The molecule has 0 aliphatic heterocycles. The minimum absolute atomic E-state index is 0.160. The van der Waals surface area contributed by atoms with E-state index in [4.69, 9.17) is 0 Å². The molecule has 2 rings (SSSR count). The first-order valence-corrected chi connectivity index (χ1v) is 7.09. The van der Waals surface area contributed by atoms with E-state index in [0.717, 1.165) is 38.0 Å². The van der Waals surface area contributed by atoms with Crippen LogP contribution in [0.15, 0.2) is 5.38 Å². The molecule has 0 atom stereocenters. The lowest BCUT2D eigenvalue weighted by Crippen LogP contribution is -2.29. The molecule has 94 valence electrons. The number of amides is 1. The van der Waals surface area contributed by atoms with E-state index >= 15 is 0 Å². The van der Waals surface area contributed by atoms with Crippen LogP contribution in [0.1, 0.15) is 36.9 Å². The molecule has 1 saturated carbocycles. The minimum Gasteiger partial charge on any atom is -0.353 e. The average molecular weight is 253 g/mol. The van der Waals surface area contributed by atoms with E-state index < -0.39 is 0 Å². The van der Waals surface area contributed by atoms with Gasteiger partial charge in [-0.3, -0.25) is 4.79 Å². The van der Waals surface area contributed by atoms with Gasteiger partial charge in [0.15, 0.2) is 0 Å². The summed E-state index contributed by atoms with van der Waals surface area (Å²) in [7, 11) is 0. The van der Waals surface area contributed by atoms with Crippen molar-refractivity contribution in [2.75, 3.05) is 6.54 Å². The van der Waals surface area contributed by atoms with Crippen LogP contribution in [-0.2, 0) is 17.8 Å². The van der Waals surface area contributed by atoms with E-state index in [1.165, 1.54) is 5.01 Å². The number of nitrogens with zero attached hydrogens (tertiary/aromatic N) is 1. The highest BCUT2D eigenvalue weighted by Crippen LogP contribution is 2.18. The molecule has 1 aliphatic rings. The third-order valence-electron chi connectivity index (χ3n) is 2.68. The molecule has 5 heteroatoms. The van der Waals surface area contributed by atoms with Crippen LogP contribution in [0.5, 0.6) is 0 Å². The maximum Gasteiger partial charge on any atom is 0.221 e. The predicted molar refractivity (Wildman–Crippen MR) is 69.0 cm³/mol. The Bertz CT molecular complexity index is 374. The zero-order chi connectivity index (χ0) is 12.1. The highest BCUT2D eigenvalue weighted by molar-refractivity contribution is 7.09. The van der Waals surface area contributed by atoms with Crippen LogP contribution in [-0.4, -0.2) is 23.5 Å². The van der Waals surface area contributed by atoms with Crippen LogP contribution in [0.2, 0.25) is 0 Å². The lowest BCUT2D eigenvalue weighted by atomic mass is 10.3. The van der Waals surface area contributed by atoms with Crippen molar-refractivity contribution in [3.8, 4) is 0 Å². The standard InChI is InChI=1S/C12H19N3OS/c1-2-12-15-10(8-17-12)7-13-6-5-11(16)14-9-3-4-9/h8-9,13H,2-7H2,1H3,(H,14,16). The molecule has 4 nitrogen and oxygen atoms in total. The van der Waals surface area contributed by atoms with E-state index in [0.29, 0.717) is 12.5 Å². The van der Waals surface area contributed by atoms with E-state index in [1.54, 1.807) is 11.3 Å². The van der Waals surface area contributed by atoms with Crippen molar-refractivity contribution in [2.45, 2.75) is 45.2 Å². The van der Waals surface area contributed by atoms with Crippen LogP contribution in [0, 0.1) is 0 Å². The number of hydrogen-bond acceptors (Lipinski definition) is 4. The van der Waals surface area contributed by atoms with Crippen LogP contribution >= 0.6 is 11.3 Å². The summed E-state index contributed by atoms with van der Waals surface area (Å²) >= 11 is 1.70. The number of carbonyl (C=O) groups excluding carboxylic acids is 1. The molecular weight excluding hydrogens is 234 g/mol. The summed E-state index contributed by atoms with van der Waals surface area (Å²) in [5, 5.41) is 9.47. The van der Waals surface area contributed by atoms with Crippen molar-refractivity contribution in [2.24, 2.45) is 0 Å². The smallest absolute Gasteiger partial charge is 0.221 e. The van der Waals surface area contributed by atoms with Gasteiger partial charge < -0.3 is 10.6 Å². The molecule has 0 unspecified atom stereocenters. The molecule has 1 aromatic rings. The summed E-state index contributed by atoms with van der Waals surface area (Å²) in [6.07, 6.45) is 3.85. The fourth-order valence-corrected chi connectivity index (χ4v) is 2.28. The molecule has 17 heavy (non-hydrogen) atoms. The Morgan fingerprint density at radius 3 is 3.06 bits per heavy atom. The van der Waals surface area contributed by atoms with Gasteiger partial charge in [0.25, 0.3) is 0 Å². The van der Waals surface area contributed by atoms with Crippen molar-refractivity contribution in [3.05, 3.63) is 16.1 Å². The van der Waals surface area contributed by atoms with Crippen LogP contribution in [0.4, 0.5) is 0 Å². The maximum atomic E-state index is 11.4. The average Bonchev–Trinajstić information content (AvgIpc) is 3.01. The number of hydrogen-bond donors (Lipinski definition) is 2. The van der Waals surface area contributed by atoms with Crippen molar-refractivity contribution in [1.82, 2.24) is 15.6 Å². The summed E-state index contributed by atoms with van der Waals surface area (Å²) in [4.78, 5) is 15.8. The van der Waals surface area contributed by atoms with Crippen molar-refractivity contribution >= 4 is 17.2 Å². The molecule has 1 fully saturated rings. The van der Waals surface area contributed by atoms with Gasteiger partial charge in [0.1, 0.15) is 0 Å². The summed E-state index contributed by atoms with van der Waals surface area (Å²) in [6, 6.07) is 0.466. The normalized spacial score (nSPS) is 14.9. The van der Waals surface area contributed by atoms with Gasteiger partial charge in [-0.2, -0.15) is 0 Å². The number of rotatable bonds is 7. The van der Waals surface area contributed by atoms with E-state index in [-0.39, 0.29) is 5.91 Å². The Morgan fingerprint density at radius 1 is 1.59 bits per heavy atom. The Balaban J connectivity index is 1.57. The second-order valence-electron chi connectivity index (χ2n) is 4.35. The van der Waals surface area contributed by atoms with E-state index in [1.807, 2.05) is 0 Å². The molecule has 2 N–H and O–H groups in total. The molecule has 0 aromatic carbocycles. The van der Waals surface area contributed by atoms with Gasteiger partial charge in [0.05, 0.1) is 10.7 Å². The summed E-state index contributed by atoms with van der Waals surface area (Å²) < 4.78 is 0. The Kier molecular flexibility index (Phi) is 4.50. The monoisotopic (exact) mass is 253 g/mol. The first-order valence-electron chi connectivity index (χ1n) is 6.21. The molecule has 1 amide bonds. The Hall–Kier alpha value is -0.940. The van der Waals surface area contributed by atoms with Gasteiger partial charge >= 0.3 is 0 Å². The molecule has 1 heterocycles. The quantitative estimate of drug-likeness (QED) is 0.723. The van der Waals surface area contributed by atoms with E-state index in [2.05, 4.69) is 27.9 Å². The number of aryl methyl sites for hydroxylation is 1. The largest absolute Gasteiger partial charge is 0.353 e. The first-order chi connectivity index (χ1) is 8.28. The van der Waals surface area contributed by atoms with Gasteiger partial charge in [0, 0.05) is 30.9 Å². The topological polar surface area (TPSA) is 54.0 Å². The molecule has 1 aliphatic carbocycles. The second-order valence-corrected chi connectivity index (χ2v) is 5.30. The lowest BCUT2D eigenvalue weighted by molar-refractivity contribution is -0.121. The van der Waals surface area contributed by atoms with Gasteiger partial charge in [0.2, 0.25) is 5.91 Å². The zero-order valence-corrected chi connectivity index (χ0v) is 11.0. The molecule has 0 saturated heterocycles. The SMILES string of the molecule is CCc1nc(CNCCC(=O)NC2CC2)cs1. The number of thiazole rings is 1. The second kappa shape index (κ2) is 6.12. The highest BCUT2D eigenvalue weighted by Gasteiger charge is 2.22. The van der Waals surface area contributed by atoms with Gasteiger partial charge in [-0.15, -0.1) is 11.3 Å². The fourth-order valence-electron chi connectivity index (χ4n) is 1.54. The third-order valence-corrected chi connectivity index (χ3v) is 3.72. The number of aromatic nitrogens is 1. The summed E-state index contributed by atoms with van der Waals surface area (Å²) in [6.45, 7) is 3.59. The third kappa shape index (κ3) is 4.44. The predicted octanol–water partition coefficient (Wildman–Crippen LogP) is 1.46. The molecule has 1 aromatic heterocycles. The van der Waals surface area contributed by atoms with Gasteiger partial charge in [-0.05, 0) is 19.3 Å². The highest BCUT2D eigenvalue weighted by atomic mass is 32.1. The van der Waals surface area contributed by atoms with Crippen LogP contribution in [0.3, 0.4) is 0 Å². The summed E-state index contributed by atoms with van der Waals surface area (Å²) in [5.41, 5.74) is 1.08. The van der Waals surface area contributed by atoms with Crippen LogP contribution in [0.25, 0.3) is 0 Å². The lowest BCUT2D eigenvalue weighted by Gasteiger charge is -2.03. The van der Waals surface area contributed by atoms with Crippen LogP contribution < -0.4 is 10.6 Å². The van der Waals surface area contributed by atoms with Crippen molar-refractivity contribution in [1.29, 1.82) is 0 Å². The van der Waals surface area contributed by atoms with Crippen molar-refractivity contribution in [3.63, 3.8) is 0 Å². The minimum atomic E-state index is 0.160. The molecule has 0 radical (unpaired) electrons. The molecular formula is C12H19N3OS. The van der Waals surface area contributed by atoms with Gasteiger partial charge in [-0.25, -0.2) is 4.98 Å². The maximum absolute atomic E-state index is 11.4. The molecule has 0 spiro atoms. The Labute approximate surface area is 106 Å². The zero-order valence-electron chi connectivity index (χ0n) is 10.2. The Morgan fingerprint density at radius 2 is 2.41 bits per heavy atom. The number of carbonyl (C=O) groups is 1. The fraction of sp³-hybridized carbons (Fsp3) is 0.667. The van der Waals surface area contributed by atoms with E-state index in [9.17, 15) is 4.79 Å². The summed E-state index contributed by atoms with van der Waals surface area (Å²) in [5.74, 6) is 0.160. The number of nitrogens with one attached hydrogen (secondary N) is 2. The first kappa shape index (κ1) is 12.5.